The largest absolute Gasteiger partial charge is 0.484 e. The Morgan fingerprint density at radius 1 is 1.19 bits per heavy atom. The molecule has 26 heavy (non-hydrogen) atoms. The minimum Gasteiger partial charge on any atom is -0.484 e. The molecule has 1 saturated heterocycles. The minimum atomic E-state index is -0.111. The van der Waals surface area contributed by atoms with Gasteiger partial charge in [-0.15, -0.1) is 0 Å². The van der Waals surface area contributed by atoms with Gasteiger partial charge in [0.2, 0.25) is 0 Å². The summed E-state index contributed by atoms with van der Waals surface area (Å²) in [5.41, 5.74) is 0.666. The number of rotatable bonds is 6. The molecule has 1 aliphatic heterocycles. The second-order valence-electron chi connectivity index (χ2n) is 6.72. The van der Waals surface area contributed by atoms with Crippen LogP contribution in [0.4, 0.5) is 10.5 Å². The van der Waals surface area contributed by atoms with Crippen LogP contribution >= 0.6 is 0 Å². The molecule has 0 bridgehead atoms. The van der Waals surface area contributed by atoms with Gasteiger partial charge in [-0.3, -0.25) is 4.79 Å². The third kappa shape index (κ3) is 6.22. The smallest absolute Gasteiger partial charge is 0.321 e. The molecule has 1 fully saturated rings. The number of hydrogen-bond donors (Lipinski definition) is 1. The van der Waals surface area contributed by atoms with Crippen molar-refractivity contribution in [3.05, 3.63) is 24.3 Å². The normalized spacial score (nSPS) is 15.3. The monoisotopic (exact) mass is 362 g/mol. The summed E-state index contributed by atoms with van der Waals surface area (Å²) in [5, 5.41) is 2.93. The predicted molar refractivity (Wildman–Crippen MR) is 103 cm³/mol. The number of urea groups is 1. The molecule has 0 aromatic heterocycles. The van der Waals surface area contributed by atoms with E-state index in [0.29, 0.717) is 11.4 Å². The summed E-state index contributed by atoms with van der Waals surface area (Å²) >= 11 is 0. The van der Waals surface area contributed by atoms with Crippen LogP contribution in [0.25, 0.3) is 0 Å². The number of carbonyl (C=O) groups is 2. The zero-order chi connectivity index (χ0) is 18.9. The predicted octanol–water partition coefficient (Wildman–Crippen LogP) is 2.10. The molecule has 3 amide bonds. The molecule has 1 heterocycles. The van der Waals surface area contributed by atoms with Gasteiger partial charge in [0.05, 0.1) is 0 Å². The fraction of sp³-hybridized carbons (Fsp3) is 0.579. The van der Waals surface area contributed by atoms with Crippen molar-refractivity contribution in [2.45, 2.75) is 19.8 Å². The maximum absolute atomic E-state index is 12.5. The van der Waals surface area contributed by atoms with Crippen LogP contribution in [0.5, 0.6) is 5.75 Å². The summed E-state index contributed by atoms with van der Waals surface area (Å²) in [4.78, 5) is 29.9. The molecule has 7 heteroatoms. The molecule has 0 spiro atoms. The summed E-state index contributed by atoms with van der Waals surface area (Å²) in [6, 6.07) is 7.04. The Bertz CT molecular complexity index is 606. The number of anilines is 1. The molecule has 0 saturated carbocycles. The zero-order valence-electron chi connectivity index (χ0n) is 16.0. The van der Waals surface area contributed by atoms with Gasteiger partial charge in [0, 0.05) is 45.5 Å². The standard InChI is InChI=1S/C19H30N4O3/c1-4-9-22-10-6-11-23(13-12-22)19(25)20-16-7-5-8-17(14-16)26-15-18(24)21(2)3/h5,7-8,14H,4,6,9-13,15H2,1-3H3,(H,20,25). The van der Waals surface area contributed by atoms with Gasteiger partial charge in [-0.05, 0) is 38.1 Å². The number of carbonyl (C=O) groups excluding carboxylic acids is 2. The lowest BCUT2D eigenvalue weighted by Gasteiger charge is -2.22. The Hall–Kier alpha value is -2.28. The zero-order valence-corrected chi connectivity index (χ0v) is 16.0. The Kier molecular flexibility index (Phi) is 7.72. The van der Waals surface area contributed by atoms with Crippen LogP contribution in [-0.2, 0) is 4.79 Å². The van der Waals surface area contributed by atoms with Crippen LogP contribution in [0.3, 0.4) is 0 Å². The van der Waals surface area contributed by atoms with Crippen molar-refractivity contribution >= 4 is 17.6 Å². The first kappa shape index (κ1) is 20.0. The maximum atomic E-state index is 12.5. The second kappa shape index (κ2) is 10.0. The number of nitrogens with one attached hydrogen (secondary N) is 1. The van der Waals surface area contributed by atoms with Gasteiger partial charge in [-0.1, -0.05) is 13.0 Å². The highest BCUT2D eigenvalue weighted by molar-refractivity contribution is 5.89. The Morgan fingerprint density at radius 3 is 2.73 bits per heavy atom. The highest BCUT2D eigenvalue weighted by atomic mass is 16.5. The van der Waals surface area contributed by atoms with E-state index in [1.165, 1.54) is 4.90 Å². The summed E-state index contributed by atoms with van der Waals surface area (Å²) in [6.07, 6.45) is 2.12. The topological polar surface area (TPSA) is 65.1 Å². The molecular formula is C19H30N4O3. The van der Waals surface area contributed by atoms with Crippen LogP contribution in [0.2, 0.25) is 0 Å². The summed E-state index contributed by atoms with van der Waals surface area (Å²) in [6.45, 7) is 6.69. The number of hydrogen-bond acceptors (Lipinski definition) is 4. The lowest BCUT2D eigenvalue weighted by atomic mass is 10.3. The Balaban J connectivity index is 1.88. The van der Waals surface area contributed by atoms with E-state index in [9.17, 15) is 9.59 Å². The van der Waals surface area contributed by atoms with Gasteiger partial charge in [-0.2, -0.15) is 0 Å². The molecule has 0 radical (unpaired) electrons. The first-order valence-electron chi connectivity index (χ1n) is 9.21. The first-order valence-corrected chi connectivity index (χ1v) is 9.21. The van der Waals surface area contributed by atoms with E-state index in [-0.39, 0.29) is 18.5 Å². The molecule has 144 valence electrons. The molecule has 0 aliphatic carbocycles. The molecule has 0 unspecified atom stereocenters. The number of amides is 3. The van der Waals surface area contributed by atoms with Crippen LogP contribution in [0, 0.1) is 0 Å². The van der Waals surface area contributed by atoms with Crippen molar-refractivity contribution < 1.29 is 14.3 Å². The third-order valence-electron chi connectivity index (χ3n) is 4.36. The Morgan fingerprint density at radius 2 is 2.00 bits per heavy atom. The van der Waals surface area contributed by atoms with Crippen LogP contribution in [-0.4, -0.2) is 80.1 Å². The number of ether oxygens (including phenoxy) is 1. The van der Waals surface area contributed by atoms with Gasteiger partial charge < -0.3 is 24.8 Å². The highest BCUT2D eigenvalue weighted by Crippen LogP contribution is 2.18. The molecule has 1 aromatic carbocycles. The van der Waals surface area contributed by atoms with Gasteiger partial charge in [0.1, 0.15) is 5.75 Å². The van der Waals surface area contributed by atoms with Crippen LogP contribution < -0.4 is 10.1 Å². The van der Waals surface area contributed by atoms with Gasteiger partial charge >= 0.3 is 6.03 Å². The van der Waals surface area contributed by atoms with E-state index < -0.39 is 0 Å². The molecule has 1 aliphatic rings. The summed E-state index contributed by atoms with van der Waals surface area (Å²) < 4.78 is 5.49. The van der Waals surface area contributed by atoms with Crippen molar-refractivity contribution in [1.29, 1.82) is 0 Å². The van der Waals surface area contributed by atoms with E-state index in [1.807, 2.05) is 11.0 Å². The van der Waals surface area contributed by atoms with Gasteiger partial charge in [0.15, 0.2) is 6.61 Å². The van der Waals surface area contributed by atoms with Crippen molar-refractivity contribution in [2.75, 3.05) is 58.7 Å². The van der Waals surface area contributed by atoms with E-state index in [0.717, 1.165) is 45.6 Å². The number of likely N-dealkylation sites (N-methyl/N-ethyl adjacent to an activating group) is 1. The molecular weight excluding hydrogens is 332 g/mol. The fourth-order valence-corrected chi connectivity index (χ4v) is 2.85. The van der Waals surface area contributed by atoms with Crippen molar-refractivity contribution in [3.63, 3.8) is 0 Å². The van der Waals surface area contributed by atoms with Crippen LogP contribution in [0.15, 0.2) is 24.3 Å². The summed E-state index contributed by atoms with van der Waals surface area (Å²) in [5.74, 6) is 0.448. The van der Waals surface area contributed by atoms with Gasteiger partial charge in [0.25, 0.3) is 5.91 Å². The van der Waals surface area contributed by atoms with Crippen molar-refractivity contribution in [2.24, 2.45) is 0 Å². The average molecular weight is 362 g/mol. The Labute approximate surface area is 155 Å². The third-order valence-corrected chi connectivity index (χ3v) is 4.36. The first-order chi connectivity index (χ1) is 12.5. The SMILES string of the molecule is CCCN1CCCN(C(=O)Nc2cccc(OCC(=O)N(C)C)c2)CC1. The number of nitrogens with zero attached hydrogens (tertiary/aromatic N) is 3. The van der Waals surface area contributed by atoms with E-state index in [4.69, 9.17) is 4.74 Å². The lowest BCUT2D eigenvalue weighted by Crippen LogP contribution is -2.38. The van der Waals surface area contributed by atoms with Crippen molar-refractivity contribution in [1.82, 2.24) is 14.7 Å². The average Bonchev–Trinajstić information content (AvgIpc) is 2.86. The molecule has 2 rings (SSSR count). The number of benzene rings is 1. The fourth-order valence-electron chi connectivity index (χ4n) is 2.85. The molecule has 1 N–H and O–H groups in total. The molecule has 7 nitrogen and oxygen atoms in total. The van der Waals surface area contributed by atoms with E-state index >= 15 is 0 Å². The van der Waals surface area contributed by atoms with Gasteiger partial charge in [-0.25, -0.2) is 4.79 Å². The molecule has 0 atom stereocenters. The maximum Gasteiger partial charge on any atom is 0.321 e. The summed E-state index contributed by atoms with van der Waals surface area (Å²) in [7, 11) is 3.37. The van der Waals surface area contributed by atoms with E-state index in [2.05, 4.69) is 17.1 Å². The lowest BCUT2D eigenvalue weighted by molar-refractivity contribution is -0.130. The molecule has 1 aromatic rings. The quantitative estimate of drug-likeness (QED) is 0.842. The van der Waals surface area contributed by atoms with Crippen molar-refractivity contribution in [3.8, 4) is 5.75 Å². The van der Waals surface area contributed by atoms with Crippen LogP contribution in [0.1, 0.15) is 19.8 Å². The second-order valence-corrected chi connectivity index (χ2v) is 6.72. The minimum absolute atomic E-state index is 0.0240. The highest BCUT2D eigenvalue weighted by Gasteiger charge is 2.18. The van der Waals surface area contributed by atoms with E-state index in [1.54, 1.807) is 32.3 Å².